The van der Waals surface area contributed by atoms with Gasteiger partial charge in [0.15, 0.2) is 0 Å². The van der Waals surface area contributed by atoms with Crippen LogP contribution < -0.4 is 9.03 Å². The molecule has 0 amide bonds. The van der Waals surface area contributed by atoms with Crippen LogP contribution in [-0.4, -0.2) is 11.6 Å². The molecule has 0 N–H and O–H groups in total. The SMILES string of the molecule is Fc1nc(OCC2=CCC(C3CCC(CC4CC4)CC3)CC2)ccc1OCl. The van der Waals surface area contributed by atoms with E-state index in [2.05, 4.69) is 15.3 Å². The Kier molecular flexibility index (Phi) is 6.21. The van der Waals surface area contributed by atoms with Gasteiger partial charge in [-0.05, 0) is 73.8 Å². The molecule has 1 unspecified atom stereocenters. The number of halogens is 2. The zero-order chi connectivity index (χ0) is 18.6. The number of pyridine rings is 1. The summed E-state index contributed by atoms with van der Waals surface area (Å²) >= 11 is 5.16. The van der Waals surface area contributed by atoms with E-state index in [1.165, 1.54) is 63.0 Å². The summed E-state index contributed by atoms with van der Waals surface area (Å²) in [5, 5.41) is 0. The second-order valence-corrected chi connectivity index (χ2v) is 8.82. The Hall–Kier alpha value is -1.29. The number of rotatable bonds is 7. The van der Waals surface area contributed by atoms with Crippen LogP contribution in [0.5, 0.6) is 11.6 Å². The molecule has 1 atom stereocenters. The van der Waals surface area contributed by atoms with Crippen molar-refractivity contribution in [2.24, 2.45) is 23.7 Å². The fraction of sp³-hybridized carbons (Fsp3) is 0.682. The van der Waals surface area contributed by atoms with Crippen molar-refractivity contribution in [2.45, 2.75) is 64.2 Å². The van der Waals surface area contributed by atoms with Crippen molar-refractivity contribution >= 4 is 11.9 Å². The van der Waals surface area contributed by atoms with Crippen molar-refractivity contribution in [3.8, 4) is 11.6 Å². The Balaban J connectivity index is 1.21. The maximum Gasteiger partial charge on any atom is 0.260 e. The van der Waals surface area contributed by atoms with E-state index in [0.717, 1.165) is 36.5 Å². The molecule has 5 heteroatoms. The average Bonchev–Trinajstić information content (AvgIpc) is 3.52. The molecule has 0 bridgehead atoms. The van der Waals surface area contributed by atoms with Crippen molar-refractivity contribution in [2.75, 3.05) is 6.61 Å². The van der Waals surface area contributed by atoms with E-state index >= 15 is 0 Å². The van der Waals surface area contributed by atoms with Crippen LogP contribution in [0.25, 0.3) is 0 Å². The lowest BCUT2D eigenvalue weighted by Crippen LogP contribution is -2.24. The highest BCUT2D eigenvalue weighted by Gasteiger charge is 2.31. The number of hydrogen-bond acceptors (Lipinski definition) is 3. The number of aromatic nitrogens is 1. The molecule has 0 spiro atoms. The van der Waals surface area contributed by atoms with Crippen LogP contribution >= 0.6 is 11.9 Å². The fourth-order valence-electron chi connectivity index (χ4n) is 4.90. The van der Waals surface area contributed by atoms with Crippen LogP contribution in [0.3, 0.4) is 0 Å². The molecule has 1 aromatic rings. The minimum atomic E-state index is -0.752. The first-order chi connectivity index (χ1) is 13.2. The molecule has 0 radical (unpaired) electrons. The molecule has 2 fully saturated rings. The molecule has 1 aromatic heterocycles. The van der Waals surface area contributed by atoms with Gasteiger partial charge in [0.2, 0.25) is 11.6 Å². The molecule has 3 aliphatic rings. The third-order valence-electron chi connectivity index (χ3n) is 6.74. The normalized spacial score (nSPS) is 28.5. The van der Waals surface area contributed by atoms with Crippen LogP contribution in [0.15, 0.2) is 23.8 Å². The Morgan fingerprint density at radius 1 is 1.00 bits per heavy atom. The van der Waals surface area contributed by atoms with Gasteiger partial charge < -0.3 is 9.03 Å². The first kappa shape index (κ1) is 19.0. The minimum absolute atomic E-state index is 0.0874. The maximum atomic E-state index is 13.6. The molecule has 0 aromatic carbocycles. The highest BCUT2D eigenvalue weighted by Crippen LogP contribution is 2.44. The smallest absolute Gasteiger partial charge is 0.260 e. The van der Waals surface area contributed by atoms with Gasteiger partial charge in [-0.25, -0.2) is 0 Å². The lowest BCUT2D eigenvalue weighted by Gasteiger charge is -2.35. The lowest BCUT2D eigenvalue weighted by molar-refractivity contribution is 0.182. The topological polar surface area (TPSA) is 31.4 Å². The van der Waals surface area contributed by atoms with Gasteiger partial charge in [-0.2, -0.15) is 9.37 Å². The van der Waals surface area contributed by atoms with Gasteiger partial charge in [-0.15, -0.1) is 0 Å². The second-order valence-electron chi connectivity index (χ2n) is 8.66. The molecular formula is C22H29ClFNO2. The number of allylic oxidation sites excluding steroid dienone is 1. The summed E-state index contributed by atoms with van der Waals surface area (Å²) in [6.07, 6.45) is 16.1. The summed E-state index contributed by atoms with van der Waals surface area (Å²) in [5.41, 5.74) is 1.30. The van der Waals surface area contributed by atoms with Crippen molar-refractivity contribution in [1.29, 1.82) is 0 Å². The van der Waals surface area contributed by atoms with E-state index < -0.39 is 5.95 Å². The van der Waals surface area contributed by atoms with Crippen LogP contribution in [0.2, 0.25) is 0 Å². The summed E-state index contributed by atoms with van der Waals surface area (Å²) in [6, 6.07) is 3.00. The van der Waals surface area contributed by atoms with E-state index in [0.29, 0.717) is 6.61 Å². The summed E-state index contributed by atoms with van der Waals surface area (Å²) < 4.78 is 23.6. The van der Waals surface area contributed by atoms with E-state index in [1.54, 1.807) is 6.07 Å². The molecular weight excluding hydrogens is 365 g/mol. The second kappa shape index (κ2) is 8.81. The largest absolute Gasteiger partial charge is 0.473 e. The van der Waals surface area contributed by atoms with E-state index in [9.17, 15) is 4.39 Å². The number of hydrogen-bond donors (Lipinski definition) is 0. The molecule has 0 aliphatic heterocycles. The van der Waals surface area contributed by atoms with Gasteiger partial charge in [-0.3, -0.25) is 0 Å². The number of nitrogens with zero attached hydrogens (tertiary/aromatic N) is 1. The summed E-state index contributed by atoms with van der Waals surface area (Å²) in [5.74, 6) is 3.27. The zero-order valence-electron chi connectivity index (χ0n) is 15.8. The van der Waals surface area contributed by atoms with Crippen LogP contribution in [0.1, 0.15) is 64.2 Å². The zero-order valence-corrected chi connectivity index (χ0v) is 16.6. The summed E-state index contributed by atoms with van der Waals surface area (Å²) in [7, 11) is 0. The van der Waals surface area contributed by atoms with Gasteiger partial charge in [0.25, 0.3) is 5.95 Å². The number of ether oxygens (including phenoxy) is 1. The van der Waals surface area contributed by atoms with Gasteiger partial charge in [0.1, 0.15) is 18.5 Å². The minimum Gasteiger partial charge on any atom is -0.473 e. The Morgan fingerprint density at radius 2 is 1.74 bits per heavy atom. The Bertz CT molecular complexity index is 668. The molecule has 27 heavy (non-hydrogen) atoms. The van der Waals surface area contributed by atoms with Crippen LogP contribution in [0, 0.1) is 29.6 Å². The van der Waals surface area contributed by atoms with Gasteiger partial charge in [0.05, 0.1) is 0 Å². The highest BCUT2D eigenvalue weighted by atomic mass is 35.5. The molecule has 3 nitrogen and oxygen atoms in total. The monoisotopic (exact) mass is 393 g/mol. The molecule has 3 aliphatic carbocycles. The van der Waals surface area contributed by atoms with E-state index in [-0.39, 0.29) is 11.6 Å². The highest BCUT2D eigenvalue weighted by molar-refractivity contribution is 6.09. The Morgan fingerprint density at radius 3 is 2.33 bits per heavy atom. The molecule has 148 valence electrons. The first-order valence-corrected chi connectivity index (χ1v) is 10.8. The van der Waals surface area contributed by atoms with Crippen molar-refractivity contribution in [3.05, 3.63) is 29.7 Å². The van der Waals surface area contributed by atoms with E-state index in [1.807, 2.05) is 0 Å². The molecule has 1 heterocycles. The summed E-state index contributed by atoms with van der Waals surface area (Å²) in [4.78, 5) is 3.72. The fourth-order valence-corrected chi connectivity index (χ4v) is 5.01. The molecule has 4 rings (SSSR count). The Labute approximate surface area is 166 Å². The average molecular weight is 394 g/mol. The molecule has 0 saturated heterocycles. The third-order valence-corrected chi connectivity index (χ3v) is 6.91. The van der Waals surface area contributed by atoms with Crippen LogP contribution in [-0.2, 0) is 0 Å². The van der Waals surface area contributed by atoms with Crippen molar-refractivity contribution in [1.82, 2.24) is 4.98 Å². The maximum absolute atomic E-state index is 13.6. The first-order valence-electron chi connectivity index (χ1n) is 10.5. The van der Waals surface area contributed by atoms with Crippen molar-refractivity contribution in [3.63, 3.8) is 0 Å². The third kappa shape index (κ3) is 5.16. The van der Waals surface area contributed by atoms with Crippen LogP contribution in [0.4, 0.5) is 4.39 Å². The van der Waals surface area contributed by atoms with Crippen molar-refractivity contribution < 1.29 is 13.4 Å². The predicted octanol–water partition coefficient (Wildman–Crippen LogP) is 6.47. The van der Waals surface area contributed by atoms with Gasteiger partial charge in [-0.1, -0.05) is 31.8 Å². The standard InChI is InChI=1S/C22H29ClFNO2/c23-27-20-11-12-21(25-22(20)24)26-14-17-5-9-19(10-6-17)18-7-3-16(4-8-18)13-15-1-2-15/h5,11-12,15-16,18-19H,1-4,6-10,13-14H2. The van der Waals surface area contributed by atoms with Gasteiger partial charge in [0, 0.05) is 6.07 Å². The van der Waals surface area contributed by atoms with E-state index in [4.69, 9.17) is 16.6 Å². The summed E-state index contributed by atoms with van der Waals surface area (Å²) in [6.45, 7) is 0.481. The van der Waals surface area contributed by atoms with Gasteiger partial charge >= 0.3 is 0 Å². The predicted molar refractivity (Wildman–Crippen MR) is 104 cm³/mol. The lowest BCUT2D eigenvalue weighted by atomic mass is 9.70. The molecule has 2 saturated carbocycles. The quantitative estimate of drug-likeness (QED) is 0.393.